The van der Waals surface area contributed by atoms with E-state index in [4.69, 9.17) is 0 Å². The van der Waals surface area contributed by atoms with Crippen LogP contribution in [0.25, 0.3) is 0 Å². The number of rotatable bonds is 4. The smallest absolute Gasteiger partial charge is 0.0525 e. The monoisotopic (exact) mass is 180 g/mol. The van der Waals surface area contributed by atoms with Crippen molar-refractivity contribution in [2.24, 2.45) is 0 Å². The molecular weight excluding hydrogens is 160 g/mol. The van der Waals surface area contributed by atoms with Crippen molar-refractivity contribution < 1.29 is 0 Å². The minimum absolute atomic E-state index is 0.678. The van der Waals surface area contributed by atoms with E-state index in [9.17, 15) is 0 Å². The minimum Gasteiger partial charge on any atom is -0.387 e. The first-order valence-corrected chi connectivity index (χ1v) is 5.03. The summed E-state index contributed by atoms with van der Waals surface area (Å²) in [6.45, 7) is 11.4. The third-order valence-corrected chi connectivity index (χ3v) is 2.85. The van der Waals surface area contributed by atoms with Crippen LogP contribution in [0.2, 0.25) is 0 Å². The Morgan fingerprint density at radius 2 is 2.23 bits per heavy atom. The molecule has 0 saturated carbocycles. The summed E-state index contributed by atoms with van der Waals surface area (Å²) in [7, 11) is 1.89. The lowest BCUT2D eigenvalue weighted by Gasteiger charge is -2.28. The number of hydrogen-bond acceptors (Lipinski definition) is 2. The number of nitrogens with zero attached hydrogens (tertiary/aromatic N) is 1. The van der Waals surface area contributed by atoms with Gasteiger partial charge in [0.15, 0.2) is 0 Å². The predicted octanol–water partition coefficient (Wildman–Crippen LogP) is 2.11. The van der Waals surface area contributed by atoms with Gasteiger partial charge in [-0.05, 0) is 19.3 Å². The maximum atomic E-state index is 4.07. The summed E-state index contributed by atoms with van der Waals surface area (Å²) < 4.78 is 0. The van der Waals surface area contributed by atoms with Crippen LogP contribution in [0.4, 0.5) is 0 Å². The summed E-state index contributed by atoms with van der Waals surface area (Å²) in [5, 5.41) is 3.05. The van der Waals surface area contributed by atoms with Crippen LogP contribution in [0.3, 0.4) is 0 Å². The van der Waals surface area contributed by atoms with Gasteiger partial charge in [-0.1, -0.05) is 20.1 Å². The molecule has 0 spiro atoms. The molecule has 0 aromatic rings. The summed E-state index contributed by atoms with van der Waals surface area (Å²) in [4.78, 5) is 2.37. The zero-order chi connectivity index (χ0) is 9.84. The lowest BCUT2D eigenvalue weighted by atomic mass is 10.1. The van der Waals surface area contributed by atoms with Gasteiger partial charge in [0.05, 0.1) is 5.70 Å². The molecule has 2 heteroatoms. The van der Waals surface area contributed by atoms with Crippen molar-refractivity contribution in [3.05, 3.63) is 24.6 Å². The first-order valence-electron chi connectivity index (χ1n) is 5.03. The SMILES string of the molecule is C=C(NC)C(=C)N1CCC[C@@H]1CC. The maximum Gasteiger partial charge on any atom is 0.0525 e. The van der Waals surface area contributed by atoms with Gasteiger partial charge in [-0.25, -0.2) is 0 Å². The van der Waals surface area contributed by atoms with E-state index in [-0.39, 0.29) is 0 Å². The molecule has 0 aromatic heterocycles. The first kappa shape index (κ1) is 10.2. The molecule has 1 aliphatic rings. The van der Waals surface area contributed by atoms with E-state index >= 15 is 0 Å². The van der Waals surface area contributed by atoms with Gasteiger partial charge in [-0.15, -0.1) is 0 Å². The van der Waals surface area contributed by atoms with Crippen LogP contribution in [-0.2, 0) is 0 Å². The summed E-state index contributed by atoms with van der Waals surface area (Å²) in [5.74, 6) is 0. The van der Waals surface area contributed by atoms with Gasteiger partial charge in [0.2, 0.25) is 0 Å². The quantitative estimate of drug-likeness (QED) is 0.667. The highest BCUT2D eigenvalue weighted by Crippen LogP contribution is 2.25. The van der Waals surface area contributed by atoms with Gasteiger partial charge in [0.25, 0.3) is 0 Å². The highest BCUT2D eigenvalue weighted by molar-refractivity contribution is 5.23. The highest BCUT2D eigenvalue weighted by Gasteiger charge is 2.24. The molecule has 1 heterocycles. The van der Waals surface area contributed by atoms with Crippen LogP contribution in [0.15, 0.2) is 24.6 Å². The second-order valence-electron chi connectivity index (χ2n) is 3.57. The second kappa shape index (κ2) is 4.35. The second-order valence-corrected chi connectivity index (χ2v) is 3.57. The first-order chi connectivity index (χ1) is 6.20. The molecular formula is C11H20N2. The predicted molar refractivity (Wildman–Crippen MR) is 57.4 cm³/mol. The molecule has 0 aromatic carbocycles. The van der Waals surface area contributed by atoms with E-state index in [1.165, 1.54) is 19.3 Å². The molecule has 0 aliphatic carbocycles. The van der Waals surface area contributed by atoms with Gasteiger partial charge < -0.3 is 10.2 Å². The molecule has 13 heavy (non-hydrogen) atoms. The molecule has 0 amide bonds. The molecule has 0 unspecified atom stereocenters. The number of nitrogens with one attached hydrogen (secondary N) is 1. The van der Waals surface area contributed by atoms with Gasteiger partial charge in [-0.3, -0.25) is 0 Å². The molecule has 1 saturated heterocycles. The van der Waals surface area contributed by atoms with Crippen molar-refractivity contribution in [1.29, 1.82) is 0 Å². The fraction of sp³-hybridized carbons (Fsp3) is 0.636. The topological polar surface area (TPSA) is 15.3 Å². The normalized spacial score (nSPS) is 21.7. The highest BCUT2D eigenvalue weighted by atomic mass is 15.2. The lowest BCUT2D eigenvalue weighted by Crippen LogP contribution is -2.30. The Labute approximate surface area is 81.3 Å². The molecule has 2 nitrogen and oxygen atoms in total. The number of hydrogen-bond donors (Lipinski definition) is 1. The molecule has 1 aliphatic heterocycles. The van der Waals surface area contributed by atoms with Crippen molar-refractivity contribution in [2.75, 3.05) is 13.6 Å². The molecule has 0 bridgehead atoms. The van der Waals surface area contributed by atoms with Crippen LogP contribution >= 0.6 is 0 Å². The zero-order valence-electron chi connectivity index (χ0n) is 8.77. The molecule has 1 N–H and O–H groups in total. The molecule has 74 valence electrons. The standard InChI is InChI=1S/C11H20N2/c1-5-11-7-6-8-13(11)10(3)9(2)12-4/h11-12H,2-3,5-8H2,1,4H3/t11-/m0/s1. The van der Waals surface area contributed by atoms with Gasteiger partial charge in [0, 0.05) is 25.3 Å². The summed E-state index contributed by atoms with van der Waals surface area (Å²) in [6, 6.07) is 0.678. The molecule has 0 radical (unpaired) electrons. The van der Waals surface area contributed by atoms with E-state index in [1.54, 1.807) is 0 Å². The largest absolute Gasteiger partial charge is 0.387 e. The zero-order valence-corrected chi connectivity index (χ0v) is 8.77. The van der Waals surface area contributed by atoms with Crippen molar-refractivity contribution >= 4 is 0 Å². The van der Waals surface area contributed by atoms with E-state index in [2.05, 4.69) is 30.3 Å². The Morgan fingerprint density at radius 1 is 1.54 bits per heavy atom. The van der Waals surface area contributed by atoms with Crippen molar-refractivity contribution in [3.8, 4) is 0 Å². The van der Waals surface area contributed by atoms with Gasteiger partial charge in [0.1, 0.15) is 0 Å². The maximum absolute atomic E-state index is 4.07. The van der Waals surface area contributed by atoms with Crippen molar-refractivity contribution in [2.45, 2.75) is 32.2 Å². The van der Waals surface area contributed by atoms with Crippen LogP contribution in [-0.4, -0.2) is 24.5 Å². The third-order valence-electron chi connectivity index (χ3n) is 2.85. The van der Waals surface area contributed by atoms with Crippen LogP contribution < -0.4 is 5.32 Å². The van der Waals surface area contributed by atoms with Crippen LogP contribution in [0.1, 0.15) is 26.2 Å². The van der Waals surface area contributed by atoms with Gasteiger partial charge >= 0.3 is 0 Å². The average molecular weight is 180 g/mol. The van der Waals surface area contributed by atoms with Crippen LogP contribution in [0, 0.1) is 0 Å². The number of likely N-dealkylation sites (N-methyl/N-ethyl adjacent to an activating group) is 1. The molecule has 1 atom stereocenters. The van der Waals surface area contributed by atoms with E-state index in [1.807, 2.05) is 7.05 Å². The number of likely N-dealkylation sites (tertiary alicyclic amines) is 1. The van der Waals surface area contributed by atoms with Crippen LogP contribution in [0.5, 0.6) is 0 Å². The summed E-state index contributed by atoms with van der Waals surface area (Å²) in [6.07, 6.45) is 3.79. The lowest BCUT2D eigenvalue weighted by molar-refractivity contribution is 0.317. The van der Waals surface area contributed by atoms with Gasteiger partial charge in [-0.2, -0.15) is 0 Å². The Bertz CT molecular complexity index is 208. The average Bonchev–Trinajstić information content (AvgIpc) is 2.62. The fourth-order valence-electron chi connectivity index (χ4n) is 1.93. The molecule has 1 fully saturated rings. The Balaban J connectivity index is 2.60. The fourth-order valence-corrected chi connectivity index (χ4v) is 1.93. The Hall–Kier alpha value is -0.920. The Morgan fingerprint density at radius 3 is 2.77 bits per heavy atom. The minimum atomic E-state index is 0.678. The summed E-state index contributed by atoms with van der Waals surface area (Å²) >= 11 is 0. The van der Waals surface area contributed by atoms with Crippen molar-refractivity contribution in [1.82, 2.24) is 10.2 Å². The van der Waals surface area contributed by atoms with E-state index in [0.29, 0.717) is 6.04 Å². The Kier molecular flexibility index (Phi) is 3.40. The van der Waals surface area contributed by atoms with Crippen molar-refractivity contribution in [3.63, 3.8) is 0 Å². The van der Waals surface area contributed by atoms with E-state index in [0.717, 1.165) is 17.9 Å². The third kappa shape index (κ3) is 2.06. The molecule has 1 rings (SSSR count). The van der Waals surface area contributed by atoms with E-state index < -0.39 is 0 Å². The summed E-state index contributed by atoms with van der Waals surface area (Å²) in [5.41, 5.74) is 2.01.